The summed E-state index contributed by atoms with van der Waals surface area (Å²) in [6.45, 7) is 3.09. The van der Waals surface area contributed by atoms with Gasteiger partial charge in [0.1, 0.15) is 0 Å². The number of hydrogen-bond acceptors (Lipinski definition) is 3. The SMILES string of the molecule is CCCC(COC)N1CCC(=O)NC1=O. The number of rotatable bonds is 5. The van der Waals surface area contributed by atoms with Crippen LogP contribution in [0.4, 0.5) is 4.79 Å². The molecule has 0 spiro atoms. The van der Waals surface area contributed by atoms with Crippen LogP contribution in [0.2, 0.25) is 0 Å². The zero-order valence-electron chi connectivity index (χ0n) is 9.28. The lowest BCUT2D eigenvalue weighted by molar-refractivity contribution is -0.121. The quantitative estimate of drug-likeness (QED) is 0.734. The summed E-state index contributed by atoms with van der Waals surface area (Å²) in [6.07, 6.45) is 2.27. The Morgan fingerprint density at radius 2 is 2.27 bits per heavy atom. The highest BCUT2D eigenvalue weighted by molar-refractivity contribution is 5.96. The molecule has 0 radical (unpaired) electrons. The molecule has 0 aliphatic carbocycles. The number of imide groups is 1. The summed E-state index contributed by atoms with van der Waals surface area (Å²) in [4.78, 5) is 24.2. The molecule has 0 aromatic carbocycles. The van der Waals surface area contributed by atoms with Crippen molar-refractivity contribution in [3.05, 3.63) is 0 Å². The molecule has 86 valence electrons. The zero-order valence-corrected chi connectivity index (χ0v) is 9.28. The summed E-state index contributed by atoms with van der Waals surface area (Å²) in [7, 11) is 1.62. The number of carbonyl (C=O) groups excluding carboxylic acids is 2. The van der Waals surface area contributed by atoms with E-state index in [1.165, 1.54) is 0 Å². The van der Waals surface area contributed by atoms with Crippen molar-refractivity contribution in [1.29, 1.82) is 0 Å². The van der Waals surface area contributed by atoms with Crippen LogP contribution in [0.3, 0.4) is 0 Å². The van der Waals surface area contributed by atoms with E-state index in [0.717, 1.165) is 12.8 Å². The molecule has 1 rings (SSSR count). The molecule has 1 atom stereocenters. The van der Waals surface area contributed by atoms with E-state index in [1.54, 1.807) is 12.0 Å². The first-order valence-corrected chi connectivity index (χ1v) is 5.28. The van der Waals surface area contributed by atoms with Gasteiger partial charge in [-0.05, 0) is 6.42 Å². The van der Waals surface area contributed by atoms with Gasteiger partial charge in [-0.3, -0.25) is 10.1 Å². The molecule has 1 fully saturated rings. The van der Waals surface area contributed by atoms with E-state index in [0.29, 0.717) is 19.6 Å². The number of nitrogens with one attached hydrogen (secondary N) is 1. The van der Waals surface area contributed by atoms with Crippen molar-refractivity contribution in [3.8, 4) is 0 Å². The normalized spacial score (nSPS) is 18.9. The van der Waals surface area contributed by atoms with Gasteiger partial charge in [-0.25, -0.2) is 4.79 Å². The molecule has 5 nitrogen and oxygen atoms in total. The molecule has 0 aromatic heterocycles. The molecular weight excluding hydrogens is 196 g/mol. The third-order valence-electron chi connectivity index (χ3n) is 2.51. The van der Waals surface area contributed by atoms with Crippen molar-refractivity contribution >= 4 is 11.9 Å². The summed E-state index contributed by atoms with van der Waals surface area (Å²) in [5.74, 6) is -0.191. The van der Waals surface area contributed by atoms with Crippen LogP contribution in [0.25, 0.3) is 0 Å². The Morgan fingerprint density at radius 1 is 1.53 bits per heavy atom. The fourth-order valence-corrected chi connectivity index (χ4v) is 1.78. The van der Waals surface area contributed by atoms with E-state index in [-0.39, 0.29) is 18.0 Å². The summed E-state index contributed by atoms with van der Waals surface area (Å²) in [5.41, 5.74) is 0. The average Bonchev–Trinajstić information content (AvgIpc) is 2.17. The number of ether oxygens (including phenoxy) is 1. The minimum absolute atomic E-state index is 0.0769. The molecule has 3 amide bonds. The molecule has 15 heavy (non-hydrogen) atoms. The van der Waals surface area contributed by atoms with Gasteiger partial charge in [0.15, 0.2) is 0 Å². The fraction of sp³-hybridized carbons (Fsp3) is 0.800. The van der Waals surface area contributed by atoms with Crippen LogP contribution in [0.15, 0.2) is 0 Å². The van der Waals surface area contributed by atoms with E-state index in [4.69, 9.17) is 4.74 Å². The maximum atomic E-state index is 11.5. The molecular formula is C10H18N2O3. The van der Waals surface area contributed by atoms with Gasteiger partial charge in [0, 0.05) is 20.1 Å². The van der Waals surface area contributed by atoms with Crippen molar-refractivity contribution in [1.82, 2.24) is 10.2 Å². The van der Waals surface area contributed by atoms with Gasteiger partial charge >= 0.3 is 6.03 Å². The van der Waals surface area contributed by atoms with Gasteiger partial charge in [0.25, 0.3) is 0 Å². The molecule has 1 saturated heterocycles. The van der Waals surface area contributed by atoms with Crippen molar-refractivity contribution in [3.63, 3.8) is 0 Å². The lowest BCUT2D eigenvalue weighted by Crippen LogP contribution is -2.54. The maximum absolute atomic E-state index is 11.5. The van der Waals surface area contributed by atoms with Crippen molar-refractivity contribution in [2.45, 2.75) is 32.2 Å². The van der Waals surface area contributed by atoms with E-state index < -0.39 is 0 Å². The van der Waals surface area contributed by atoms with E-state index in [9.17, 15) is 9.59 Å². The first kappa shape index (κ1) is 12.0. The molecule has 0 bridgehead atoms. The van der Waals surface area contributed by atoms with Gasteiger partial charge in [0.05, 0.1) is 12.6 Å². The largest absolute Gasteiger partial charge is 0.383 e. The van der Waals surface area contributed by atoms with Crippen LogP contribution in [0.5, 0.6) is 0 Å². The highest BCUT2D eigenvalue weighted by Gasteiger charge is 2.28. The molecule has 0 saturated carbocycles. The van der Waals surface area contributed by atoms with Gasteiger partial charge in [0.2, 0.25) is 5.91 Å². The average molecular weight is 214 g/mol. The second-order valence-corrected chi connectivity index (χ2v) is 3.69. The molecule has 1 aliphatic heterocycles. The van der Waals surface area contributed by atoms with Crippen LogP contribution >= 0.6 is 0 Å². The summed E-state index contributed by atoms with van der Waals surface area (Å²) in [6, 6.07) is -0.213. The third kappa shape index (κ3) is 3.20. The zero-order chi connectivity index (χ0) is 11.3. The maximum Gasteiger partial charge on any atom is 0.324 e. The predicted octanol–water partition coefficient (Wildman–Crippen LogP) is 0.743. The Balaban J connectivity index is 2.57. The van der Waals surface area contributed by atoms with Gasteiger partial charge in [-0.15, -0.1) is 0 Å². The van der Waals surface area contributed by atoms with Crippen molar-refractivity contribution in [2.75, 3.05) is 20.3 Å². The van der Waals surface area contributed by atoms with Crippen LogP contribution in [0, 0.1) is 0 Å². The summed E-state index contributed by atoms with van der Waals surface area (Å²) in [5, 5.41) is 2.32. The van der Waals surface area contributed by atoms with E-state index >= 15 is 0 Å². The van der Waals surface area contributed by atoms with Crippen LogP contribution < -0.4 is 5.32 Å². The second-order valence-electron chi connectivity index (χ2n) is 3.69. The number of nitrogens with zero attached hydrogens (tertiary/aromatic N) is 1. The predicted molar refractivity (Wildman–Crippen MR) is 55.4 cm³/mol. The fourth-order valence-electron chi connectivity index (χ4n) is 1.78. The van der Waals surface area contributed by atoms with Crippen molar-refractivity contribution < 1.29 is 14.3 Å². The number of hydrogen-bond donors (Lipinski definition) is 1. The Kier molecular flexibility index (Phi) is 4.55. The molecule has 5 heteroatoms. The Morgan fingerprint density at radius 3 is 2.80 bits per heavy atom. The number of carbonyl (C=O) groups is 2. The summed E-state index contributed by atoms with van der Waals surface area (Å²) < 4.78 is 5.08. The highest BCUT2D eigenvalue weighted by Crippen LogP contribution is 2.11. The van der Waals surface area contributed by atoms with Crippen LogP contribution in [-0.4, -0.2) is 43.1 Å². The summed E-state index contributed by atoms with van der Waals surface area (Å²) >= 11 is 0. The number of urea groups is 1. The second kappa shape index (κ2) is 5.70. The monoisotopic (exact) mass is 214 g/mol. The first-order chi connectivity index (χ1) is 7.19. The lowest BCUT2D eigenvalue weighted by atomic mass is 10.1. The standard InChI is InChI=1S/C10H18N2O3/c1-3-4-8(7-15-2)12-6-5-9(13)11-10(12)14/h8H,3-7H2,1-2H3,(H,11,13,14). The minimum Gasteiger partial charge on any atom is -0.383 e. The van der Waals surface area contributed by atoms with Crippen molar-refractivity contribution in [2.24, 2.45) is 0 Å². The molecule has 1 heterocycles. The Bertz CT molecular complexity index is 237. The Labute approximate surface area is 89.8 Å². The van der Waals surface area contributed by atoms with E-state index in [1.807, 2.05) is 0 Å². The molecule has 1 unspecified atom stereocenters. The minimum atomic E-state index is -0.290. The third-order valence-corrected chi connectivity index (χ3v) is 2.51. The van der Waals surface area contributed by atoms with Gasteiger partial charge in [-0.1, -0.05) is 13.3 Å². The molecule has 1 aliphatic rings. The van der Waals surface area contributed by atoms with Crippen LogP contribution in [0.1, 0.15) is 26.2 Å². The van der Waals surface area contributed by atoms with Gasteiger partial charge in [-0.2, -0.15) is 0 Å². The highest BCUT2D eigenvalue weighted by atomic mass is 16.5. The Hall–Kier alpha value is -1.10. The smallest absolute Gasteiger partial charge is 0.324 e. The van der Waals surface area contributed by atoms with E-state index in [2.05, 4.69) is 12.2 Å². The number of methoxy groups -OCH3 is 1. The molecule has 1 N–H and O–H groups in total. The van der Waals surface area contributed by atoms with Crippen LogP contribution in [-0.2, 0) is 9.53 Å². The molecule has 0 aromatic rings. The lowest BCUT2D eigenvalue weighted by Gasteiger charge is -2.33. The topological polar surface area (TPSA) is 58.6 Å². The number of amides is 3. The van der Waals surface area contributed by atoms with Gasteiger partial charge < -0.3 is 9.64 Å². The first-order valence-electron chi connectivity index (χ1n) is 5.28.